The maximum Gasteiger partial charge on any atom is 0.250 e. The van der Waals surface area contributed by atoms with Crippen LogP contribution in [0.5, 0.6) is 5.75 Å². The first-order valence-corrected chi connectivity index (χ1v) is 10.6. The molecule has 0 atom stereocenters. The maximum atomic E-state index is 12.8. The highest BCUT2D eigenvalue weighted by atomic mass is 32.2. The molecule has 3 rings (SSSR count). The third-order valence-corrected chi connectivity index (χ3v) is 6.29. The van der Waals surface area contributed by atoms with Crippen molar-refractivity contribution < 1.29 is 27.4 Å². The van der Waals surface area contributed by atoms with Crippen LogP contribution in [-0.2, 0) is 30.9 Å². The third-order valence-electron chi connectivity index (χ3n) is 4.40. The number of hydrogen-bond donors (Lipinski definition) is 1. The molecule has 29 heavy (non-hydrogen) atoms. The van der Waals surface area contributed by atoms with Gasteiger partial charge in [-0.05, 0) is 23.8 Å². The van der Waals surface area contributed by atoms with Crippen LogP contribution in [0.2, 0.25) is 0 Å². The second-order valence-electron chi connectivity index (χ2n) is 6.41. The van der Waals surface area contributed by atoms with E-state index in [1.165, 1.54) is 29.6 Å². The van der Waals surface area contributed by atoms with Crippen molar-refractivity contribution in [2.24, 2.45) is 0 Å². The molecule has 1 aliphatic rings. The summed E-state index contributed by atoms with van der Waals surface area (Å²) in [6.07, 6.45) is 0. The quantitative estimate of drug-likeness (QED) is 0.701. The number of ether oxygens (including phenoxy) is 3. The van der Waals surface area contributed by atoms with Crippen molar-refractivity contribution >= 4 is 21.6 Å². The van der Waals surface area contributed by atoms with Gasteiger partial charge in [0, 0.05) is 13.1 Å². The number of nitrogens with one attached hydrogen (secondary N) is 1. The van der Waals surface area contributed by atoms with Crippen molar-refractivity contribution in [1.29, 1.82) is 0 Å². The lowest BCUT2D eigenvalue weighted by Gasteiger charge is -2.26. The SMILES string of the molecule is COc1ccc(S(=O)(=O)N2CCOCC2)cc1NC(=O)COCc1ccccc1. The van der Waals surface area contributed by atoms with Crippen LogP contribution in [0.15, 0.2) is 53.4 Å². The van der Waals surface area contributed by atoms with E-state index in [0.717, 1.165) is 5.56 Å². The zero-order chi connectivity index (χ0) is 20.7. The Labute approximate surface area is 170 Å². The fourth-order valence-electron chi connectivity index (χ4n) is 2.90. The van der Waals surface area contributed by atoms with Crippen molar-refractivity contribution in [2.75, 3.05) is 45.3 Å². The summed E-state index contributed by atoms with van der Waals surface area (Å²) < 4.78 is 43.0. The number of nitrogens with zero attached hydrogens (tertiary/aromatic N) is 1. The molecule has 0 radical (unpaired) electrons. The molecule has 1 heterocycles. The summed E-state index contributed by atoms with van der Waals surface area (Å²) >= 11 is 0. The number of carbonyl (C=O) groups is 1. The minimum Gasteiger partial charge on any atom is -0.495 e. The Morgan fingerprint density at radius 2 is 1.86 bits per heavy atom. The monoisotopic (exact) mass is 420 g/mol. The molecule has 2 aromatic rings. The summed E-state index contributed by atoms with van der Waals surface area (Å²) in [5.41, 5.74) is 1.23. The van der Waals surface area contributed by atoms with Crippen molar-refractivity contribution in [2.45, 2.75) is 11.5 Å². The van der Waals surface area contributed by atoms with Gasteiger partial charge in [-0.2, -0.15) is 4.31 Å². The molecule has 1 amide bonds. The van der Waals surface area contributed by atoms with Gasteiger partial charge < -0.3 is 19.5 Å². The molecule has 0 saturated carbocycles. The van der Waals surface area contributed by atoms with Gasteiger partial charge in [0.2, 0.25) is 15.9 Å². The van der Waals surface area contributed by atoms with Crippen molar-refractivity contribution in [3.63, 3.8) is 0 Å². The Kier molecular flexibility index (Phi) is 7.21. The molecule has 1 aliphatic heterocycles. The minimum absolute atomic E-state index is 0.0840. The fraction of sp³-hybridized carbons (Fsp3) is 0.350. The summed E-state index contributed by atoms with van der Waals surface area (Å²) in [6.45, 7) is 1.44. The van der Waals surface area contributed by atoms with E-state index in [9.17, 15) is 13.2 Å². The van der Waals surface area contributed by atoms with Crippen LogP contribution in [-0.4, -0.2) is 58.7 Å². The predicted molar refractivity (Wildman–Crippen MR) is 107 cm³/mol. The zero-order valence-electron chi connectivity index (χ0n) is 16.2. The smallest absolute Gasteiger partial charge is 0.250 e. The lowest BCUT2D eigenvalue weighted by Crippen LogP contribution is -2.40. The number of rotatable bonds is 8. The van der Waals surface area contributed by atoms with Gasteiger partial charge >= 0.3 is 0 Å². The zero-order valence-corrected chi connectivity index (χ0v) is 17.0. The van der Waals surface area contributed by atoms with Crippen LogP contribution in [0.3, 0.4) is 0 Å². The topological polar surface area (TPSA) is 94.2 Å². The van der Waals surface area contributed by atoms with E-state index in [1.54, 1.807) is 0 Å². The Bertz CT molecular complexity index is 927. The number of methoxy groups -OCH3 is 1. The van der Waals surface area contributed by atoms with Crippen molar-refractivity contribution in [1.82, 2.24) is 4.31 Å². The second kappa shape index (κ2) is 9.84. The maximum absolute atomic E-state index is 12.8. The average molecular weight is 420 g/mol. The molecule has 8 nitrogen and oxygen atoms in total. The van der Waals surface area contributed by atoms with E-state index in [2.05, 4.69) is 5.32 Å². The largest absolute Gasteiger partial charge is 0.495 e. The van der Waals surface area contributed by atoms with Gasteiger partial charge in [-0.15, -0.1) is 0 Å². The fourth-order valence-corrected chi connectivity index (χ4v) is 4.34. The van der Waals surface area contributed by atoms with E-state index in [4.69, 9.17) is 14.2 Å². The van der Waals surface area contributed by atoms with Gasteiger partial charge in [0.05, 0.1) is 37.5 Å². The first kappa shape index (κ1) is 21.3. The molecule has 0 unspecified atom stereocenters. The Balaban J connectivity index is 1.67. The lowest BCUT2D eigenvalue weighted by molar-refractivity contribution is -0.121. The van der Waals surface area contributed by atoms with E-state index in [0.29, 0.717) is 38.7 Å². The Morgan fingerprint density at radius 1 is 1.14 bits per heavy atom. The van der Waals surface area contributed by atoms with Gasteiger partial charge in [-0.1, -0.05) is 30.3 Å². The lowest BCUT2D eigenvalue weighted by atomic mass is 10.2. The molecule has 1 N–H and O–H groups in total. The number of amides is 1. The molecule has 1 saturated heterocycles. The molecule has 2 aromatic carbocycles. The van der Waals surface area contributed by atoms with Crippen LogP contribution in [0, 0.1) is 0 Å². The van der Waals surface area contributed by atoms with E-state index in [1.807, 2.05) is 30.3 Å². The van der Waals surface area contributed by atoms with Crippen LogP contribution in [0.4, 0.5) is 5.69 Å². The van der Waals surface area contributed by atoms with Crippen LogP contribution in [0.25, 0.3) is 0 Å². The summed E-state index contributed by atoms with van der Waals surface area (Å²) in [4.78, 5) is 12.3. The Hall–Kier alpha value is -2.46. The van der Waals surface area contributed by atoms with Crippen LogP contribution < -0.4 is 10.1 Å². The molecular weight excluding hydrogens is 396 g/mol. The molecule has 0 spiro atoms. The summed E-state index contributed by atoms with van der Waals surface area (Å²) in [6, 6.07) is 13.9. The van der Waals surface area contributed by atoms with Crippen LogP contribution in [0.1, 0.15) is 5.56 Å². The van der Waals surface area contributed by atoms with E-state index < -0.39 is 15.9 Å². The molecule has 0 aromatic heterocycles. The highest BCUT2D eigenvalue weighted by Crippen LogP contribution is 2.29. The molecule has 0 bridgehead atoms. The molecule has 9 heteroatoms. The van der Waals surface area contributed by atoms with Crippen molar-refractivity contribution in [3.05, 3.63) is 54.1 Å². The highest BCUT2D eigenvalue weighted by molar-refractivity contribution is 7.89. The van der Waals surface area contributed by atoms with E-state index >= 15 is 0 Å². The van der Waals surface area contributed by atoms with Gasteiger partial charge in [-0.3, -0.25) is 4.79 Å². The van der Waals surface area contributed by atoms with Crippen LogP contribution >= 0.6 is 0 Å². The normalized spacial score (nSPS) is 15.1. The number of morpholine rings is 1. The van der Waals surface area contributed by atoms with E-state index in [-0.39, 0.29) is 17.2 Å². The number of hydrogen-bond acceptors (Lipinski definition) is 6. The number of benzene rings is 2. The summed E-state index contributed by atoms with van der Waals surface area (Å²) in [5.74, 6) is -0.0394. The molecular formula is C20H24N2O6S. The summed E-state index contributed by atoms with van der Waals surface area (Å²) in [7, 11) is -2.23. The number of carbonyl (C=O) groups excluding carboxylic acids is 1. The predicted octanol–water partition coefficient (Wildman–Crippen LogP) is 1.87. The highest BCUT2D eigenvalue weighted by Gasteiger charge is 2.27. The average Bonchev–Trinajstić information content (AvgIpc) is 2.75. The first-order valence-electron chi connectivity index (χ1n) is 9.18. The first-order chi connectivity index (χ1) is 14.0. The number of anilines is 1. The number of sulfonamides is 1. The molecule has 1 fully saturated rings. The van der Waals surface area contributed by atoms with Gasteiger partial charge in [0.15, 0.2) is 0 Å². The second-order valence-corrected chi connectivity index (χ2v) is 8.34. The Morgan fingerprint density at radius 3 is 2.55 bits per heavy atom. The third kappa shape index (κ3) is 5.54. The van der Waals surface area contributed by atoms with Gasteiger partial charge in [0.1, 0.15) is 12.4 Å². The van der Waals surface area contributed by atoms with Crippen molar-refractivity contribution in [3.8, 4) is 5.75 Å². The standard InChI is InChI=1S/C20H24N2O6S/c1-26-19-8-7-17(29(24,25)22-9-11-27-12-10-22)13-18(19)21-20(23)15-28-14-16-5-3-2-4-6-16/h2-8,13H,9-12,14-15H2,1H3,(H,21,23). The van der Waals surface area contributed by atoms with Gasteiger partial charge in [0.25, 0.3) is 0 Å². The minimum atomic E-state index is -3.68. The molecule has 0 aliphatic carbocycles. The summed E-state index contributed by atoms with van der Waals surface area (Å²) in [5, 5.41) is 2.67. The molecule has 156 valence electrons. The van der Waals surface area contributed by atoms with Gasteiger partial charge in [-0.25, -0.2) is 8.42 Å².